The lowest BCUT2D eigenvalue weighted by molar-refractivity contribution is -0.145. The number of phenolic OH excluding ortho intramolecular Hbond substituents is 1. The quantitative estimate of drug-likeness (QED) is 0.334. The number of carbonyl (C=O) groups excluding carboxylic acids is 2. The summed E-state index contributed by atoms with van der Waals surface area (Å²) >= 11 is 6.37. The Hall–Kier alpha value is -1.22. The molecule has 2 amide bonds. The Bertz CT molecular complexity index is 622. The van der Waals surface area contributed by atoms with E-state index in [0.717, 1.165) is 0 Å². The minimum atomic E-state index is -0.535. The fourth-order valence-corrected chi connectivity index (χ4v) is 3.37. The van der Waals surface area contributed by atoms with Crippen LogP contribution in [0.25, 0.3) is 6.08 Å². The van der Waals surface area contributed by atoms with Crippen molar-refractivity contribution in [3.8, 4) is 5.75 Å². The number of benzene rings is 1. The second-order valence-corrected chi connectivity index (χ2v) is 6.42. The summed E-state index contributed by atoms with van der Waals surface area (Å²) < 4.78 is 0.662. The highest BCUT2D eigenvalue weighted by molar-refractivity contribution is 14.1. The van der Waals surface area contributed by atoms with Crippen LogP contribution in [0.15, 0.2) is 23.8 Å². The highest BCUT2D eigenvalue weighted by atomic mass is 127. The predicted molar refractivity (Wildman–Crippen MR) is 96.3 cm³/mol. The summed E-state index contributed by atoms with van der Waals surface area (Å²) in [6, 6.07) is 4.94. The summed E-state index contributed by atoms with van der Waals surface area (Å²) in [5, 5.41) is 9.56. The van der Waals surface area contributed by atoms with Gasteiger partial charge in [0.2, 0.25) is 0 Å². The molecule has 7 heteroatoms. The molecular weight excluding hydrogens is 415 g/mol. The van der Waals surface area contributed by atoms with Gasteiger partial charge in [-0.3, -0.25) is 9.59 Å². The maximum absolute atomic E-state index is 12.5. The van der Waals surface area contributed by atoms with Crippen molar-refractivity contribution in [2.75, 3.05) is 13.1 Å². The van der Waals surface area contributed by atoms with E-state index in [9.17, 15) is 14.7 Å². The lowest BCUT2D eigenvalue weighted by Gasteiger charge is -2.40. The minimum absolute atomic E-state index is 0.121. The Labute approximate surface area is 148 Å². The maximum atomic E-state index is 12.5. The van der Waals surface area contributed by atoms with Gasteiger partial charge in [-0.25, -0.2) is 0 Å². The number of thiol groups is 1. The number of hydrogen-bond acceptors (Lipinski definition) is 4. The smallest absolute Gasteiger partial charge is 0.261 e. The van der Waals surface area contributed by atoms with Gasteiger partial charge >= 0.3 is 0 Å². The number of hydrogen-bond donors (Lipinski definition) is 2. The number of carbonyl (C=O) groups is 2. The maximum Gasteiger partial charge on any atom is 0.261 e. The molecule has 0 spiro atoms. The van der Waals surface area contributed by atoms with Gasteiger partial charge in [0.25, 0.3) is 11.8 Å². The van der Waals surface area contributed by atoms with Gasteiger partial charge in [-0.15, -0.1) is 12.6 Å². The van der Waals surface area contributed by atoms with Crippen molar-refractivity contribution >= 4 is 53.1 Å². The van der Waals surface area contributed by atoms with Crippen molar-refractivity contribution in [1.82, 2.24) is 9.80 Å². The molecule has 1 fully saturated rings. The Balaban J connectivity index is 2.46. The summed E-state index contributed by atoms with van der Waals surface area (Å²) in [7, 11) is 0. The third-order valence-electron chi connectivity index (χ3n) is 3.50. The van der Waals surface area contributed by atoms with Gasteiger partial charge in [0, 0.05) is 13.1 Å². The van der Waals surface area contributed by atoms with E-state index in [0.29, 0.717) is 22.2 Å². The van der Waals surface area contributed by atoms with E-state index in [1.807, 2.05) is 36.4 Å². The monoisotopic (exact) mass is 432 g/mol. The lowest BCUT2D eigenvalue weighted by atomic mass is 10.1. The summed E-state index contributed by atoms with van der Waals surface area (Å²) in [4.78, 5) is 28.1. The Morgan fingerprint density at radius 2 is 1.77 bits per heavy atom. The van der Waals surface area contributed by atoms with Crippen LogP contribution >= 0.6 is 35.2 Å². The average Bonchev–Trinajstić information content (AvgIpc) is 2.48. The zero-order valence-electron chi connectivity index (χ0n) is 12.3. The highest BCUT2D eigenvalue weighted by Crippen LogP contribution is 2.26. The van der Waals surface area contributed by atoms with E-state index >= 15 is 0 Å². The molecule has 1 heterocycles. The molecule has 0 unspecified atom stereocenters. The van der Waals surface area contributed by atoms with Crippen LogP contribution in [0.4, 0.5) is 0 Å². The van der Waals surface area contributed by atoms with Gasteiger partial charge in [-0.1, -0.05) is 6.07 Å². The molecule has 0 bridgehead atoms. The van der Waals surface area contributed by atoms with Crippen molar-refractivity contribution in [2.45, 2.75) is 19.3 Å². The zero-order valence-corrected chi connectivity index (χ0v) is 15.3. The van der Waals surface area contributed by atoms with E-state index in [1.165, 1.54) is 0 Å². The molecule has 22 heavy (non-hydrogen) atoms. The first-order chi connectivity index (χ1) is 10.4. The molecule has 2 rings (SSSR count). The minimum Gasteiger partial charge on any atom is -0.507 e. The molecule has 0 saturated carbocycles. The molecule has 0 radical (unpaired) electrons. The normalized spacial score (nSPS) is 18.9. The number of likely N-dealkylation sites (N-methyl/N-ethyl adjacent to an activating group) is 2. The fraction of sp³-hybridized carbons (Fsp3) is 0.333. The zero-order chi connectivity index (χ0) is 16.4. The van der Waals surface area contributed by atoms with Gasteiger partial charge in [-0.05, 0) is 60.2 Å². The third kappa shape index (κ3) is 3.10. The van der Waals surface area contributed by atoms with Crippen LogP contribution in [0.2, 0.25) is 0 Å². The van der Waals surface area contributed by atoms with E-state index in [4.69, 9.17) is 0 Å². The highest BCUT2D eigenvalue weighted by Gasteiger charge is 2.39. The molecule has 1 aliphatic rings. The van der Waals surface area contributed by atoms with Gasteiger partial charge < -0.3 is 14.9 Å². The molecule has 0 aliphatic carbocycles. The molecule has 0 aromatic heterocycles. The molecule has 5 nitrogen and oxygen atoms in total. The van der Waals surface area contributed by atoms with Crippen molar-refractivity contribution in [3.63, 3.8) is 0 Å². The number of amides is 2. The molecular formula is C15H17IN2O3S. The summed E-state index contributed by atoms with van der Waals surface area (Å²) in [5.74, 6) is -0.467. The first kappa shape index (κ1) is 17.1. The molecule has 1 aromatic rings. The van der Waals surface area contributed by atoms with Gasteiger partial charge in [0.15, 0.2) is 5.50 Å². The molecule has 1 aromatic carbocycles. The largest absolute Gasteiger partial charge is 0.507 e. The van der Waals surface area contributed by atoms with E-state index in [-0.39, 0.29) is 23.1 Å². The van der Waals surface area contributed by atoms with Crippen LogP contribution < -0.4 is 0 Å². The Morgan fingerprint density at radius 3 is 2.23 bits per heavy atom. The van der Waals surface area contributed by atoms with Crippen molar-refractivity contribution in [2.24, 2.45) is 0 Å². The van der Waals surface area contributed by atoms with Gasteiger partial charge in [0.05, 0.1) is 3.57 Å². The SMILES string of the molecule is CCN1C(=O)C(=Cc2ccc(O)c(I)c2)C(=O)N(CC)C1S. The number of nitrogens with zero attached hydrogens (tertiary/aromatic N) is 2. The van der Waals surface area contributed by atoms with Crippen molar-refractivity contribution in [1.29, 1.82) is 0 Å². The van der Waals surface area contributed by atoms with Gasteiger partial charge in [-0.2, -0.15) is 0 Å². The molecule has 1 saturated heterocycles. The van der Waals surface area contributed by atoms with Crippen LogP contribution in [0.5, 0.6) is 5.75 Å². The Morgan fingerprint density at radius 1 is 1.23 bits per heavy atom. The standard InChI is InChI=1S/C15H17IN2O3S/c1-3-17-13(20)10(14(21)18(4-2)15(17)22)7-9-5-6-12(19)11(16)8-9/h5-8,15,19,22H,3-4H2,1-2H3. The van der Waals surface area contributed by atoms with Crippen LogP contribution in [0, 0.1) is 3.57 Å². The molecule has 118 valence electrons. The third-order valence-corrected chi connectivity index (χ3v) is 4.93. The topological polar surface area (TPSA) is 60.9 Å². The molecule has 1 aliphatic heterocycles. The van der Waals surface area contributed by atoms with Crippen LogP contribution in [0.1, 0.15) is 19.4 Å². The lowest BCUT2D eigenvalue weighted by Crippen LogP contribution is -2.57. The second-order valence-electron chi connectivity index (χ2n) is 4.80. The van der Waals surface area contributed by atoms with Crippen LogP contribution in [0.3, 0.4) is 0 Å². The summed E-state index contributed by atoms with van der Waals surface area (Å²) in [6.45, 7) is 4.65. The first-order valence-electron chi connectivity index (χ1n) is 6.90. The van der Waals surface area contributed by atoms with Crippen molar-refractivity contribution in [3.05, 3.63) is 32.9 Å². The molecule has 0 atom stereocenters. The number of aromatic hydroxyl groups is 1. The van der Waals surface area contributed by atoms with Crippen LogP contribution in [-0.2, 0) is 9.59 Å². The first-order valence-corrected chi connectivity index (χ1v) is 8.50. The van der Waals surface area contributed by atoms with E-state index in [2.05, 4.69) is 12.6 Å². The fourth-order valence-electron chi connectivity index (χ4n) is 2.30. The van der Waals surface area contributed by atoms with E-state index in [1.54, 1.807) is 34.1 Å². The predicted octanol–water partition coefficient (Wildman–Crippen LogP) is 2.30. The number of rotatable bonds is 3. The van der Waals surface area contributed by atoms with Gasteiger partial charge in [0.1, 0.15) is 11.3 Å². The van der Waals surface area contributed by atoms with Crippen molar-refractivity contribution < 1.29 is 14.7 Å². The second kappa shape index (κ2) is 6.91. The summed E-state index contributed by atoms with van der Waals surface area (Å²) in [6.07, 6.45) is 1.57. The average molecular weight is 432 g/mol. The number of phenols is 1. The number of halogens is 1. The Kier molecular flexibility index (Phi) is 5.38. The summed E-state index contributed by atoms with van der Waals surface area (Å²) in [5.41, 5.74) is 0.284. The molecule has 1 N–H and O–H groups in total. The van der Waals surface area contributed by atoms with E-state index < -0.39 is 5.50 Å². The van der Waals surface area contributed by atoms with Crippen LogP contribution in [-0.4, -0.2) is 45.3 Å².